The first-order valence-electron chi connectivity index (χ1n) is 24.9. The second kappa shape index (κ2) is 39.5. The highest BCUT2D eigenvalue weighted by Gasteiger charge is 2.40. The van der Waals surface area contributed by atoms with Crippen molar-refractivity contribution in [2.24, 2.45) is 23.7 Å². The van der Waals surface area contributed by atoms with Crippen molar-refractivity contribution >= 4 is 11.8 Å². The summed E-state index contributed by atoms with van der Waals surface area (Å²) in [6.07, 6.45) is 23.1. The standard InChI is InChI=1S/C26H45N3O13.C22H39NO5/c1-2-3-6-9-19(30)12-13-22-21(23(31)16-24(22)32)10-7-4-5-8-11-25(33)27-14-15-39-26(34)42-20(17-40-28(35)36)18-41-29(37)38;1-2-3-6-9-17(25)12-13-19-18(20(26)16-21(19)27)10-7-4-5-8-11-22(28)23-14-15-24/h4,7,12-13,19-24,26,30-32,34H,2-3,5-6,8-11,14-18H2,1H3,(H,27,33);4,7,12-13,17-21,24-27H,2-3,5-6,8-11,14-16H2,1H3,(H,23,28)/b2*7-4-,13-12+/t19-,21+,22+,23-,24+,26?;17-,18+,19+,20-,21+/m00/s1. The van der Waals surface area contributed by atoms with E-state index in [4.69, 9.17) is 14.6 Å². The summed E-state index contributed by atoms with van der Waals surface area (Å²) in [6.45, 7) is 0.947. The number of carbonyl (C=O) groups is 2. The van der Waals surface area contributed by atoms with E-state index in [1.54, 1.807) is 12.2 Å². The lowest BCUT2D eigenvalue weighted by Gasteiger charge is -2.20. The largest absolute Gasteiger partial charge is 0.395 e. The molecule has 0 heterocycles. The highest BCUT2D eigenvalue weighted by molar-refractivity contribution is 5.76. The van der Waals surface area contributed by atoms with Gasteiger partial charge in [-0.3, -0.25) is 9.59 Å². The average molecular weight is 1010 g/mol. The second-order valence-electron chi connectivity index (χ2n) is 17.7. The van der Waals surface area contributed by atoms with Crippen molar-refractivity contribution in [1.82, 2.24) is 10.6 Å². The van der Waals surface area contributed by atoms with Crippen molar-refractivity contribution in [1.29, 1.82) is 0 Å². The van der Waals surface area contributed by atoms with Gasteiger partial charge in [0, 0.05) is 50.6 Å². The van der Waals surface area contributed by atoms with Crippen LogP contribution in [0.25, 0.3) is 0 Å². The molecule has 0 bridgehead atoms. The average Bonchev–Trinajstić information content (AvgIpc) is 3.75. The lowest BCUT2D eigenvalue weighted by molar-refractivity contribution is -0.769. The van der Waals surface area contributed by atoms with Crippen LogP contribution in [0.4, 0.5) is 0 Å². The number of nitrogens with one attached hydrogen (secondary N) is 2. The predicted octanol–water partition coefficient (Wildman–Crippen LogP) is 3.24. The molecule has 0 aromatic carbocycles. The molecule has 0 saturated heterocycles. The molecule has 0 aromatic heterocycles. The van der Waals surface area contributed by atoms with Crippen LogP contribution in [0.3, 0.4) is 0 Å². The quantitative estimate of drug-likeness (QED) is 0.0140. The summed E-state index contributed by atoms with van der Waals surface area (Å²) < 4.78 is 9.79. The van der Waals surface area contributed by atoms with E-state index in [1.165, 1.54) is 0 Å². The normalized spacial score (nSPS) is 23.8. The van der Waals surface area contributed by atoms with Gasteiger partial charge in [-0.15, -0.1) is 20.2 Å². The van der Waals surface area contributed by atoms with Crippen molar-refractivity contribution in [3.05, 3.63) is 68.8 Å². The van der Waals surface area contributed by atoms with Gasteiger partial charge in [-0.1, -0.05) is 101 Å². The second-order valence-corrected chi connectivity index (χ2v) is 17.7. The van der Waals surface area contributed by atoms with Crippen molar-refractivity contribution in [2.75, 3.05) is 39.5 Å². The highest BCUT2D eigenvalue weighted by atomic mass is 17.0. The van der Waals surface area contributed by atoms with Crippen molar-refractivity contribution < 1.29 is 79.8 Å². The van der Waals surface area contributed by atoms with E-state index in [9.17, 15) is 65.6 Å². The molecule has 0 aromatic rings. The van der Waals surface area contributed by atoms with Crippen LogP contribution in [-0.4, -0.2) is 152 Å². The molecule has 11 atom stereocenters. The maximum absolute atomic E-state index is 12.0. The van der Waals surface area contributed by atoms with Crippen LogP contribution in [0, 0.1) is 43.9 Å². The van der Waals surface area contributed by atoms with Crippen LogP contribution >= 0.6 is 0 Å². The molecule has 2 rings (SSSR count). The van der Waals surface area contributed by atoms with Crippen LogP contribution in [0.2, 0.25) is 0 Å². The van der Waals surface area contributed by atoms with Gasteiger partial charge in [-0.05, 0) is 63.2 Å². The van der Waals surface area contributed by atoms with Gasteiger partial charge in [0.15, 0.2) is 0 Å². The van der Waals surface area contributed by atoms with Crippen LogP contribution in [0.5, 0.6) is 0 Å². The van der Waals surface area contributed by atoms with Gasteiger partial charge < -0.3 is 70.6 Å². The third-order valence-corrected chi connectivity index (χ3v) is 12.0. The van der Waals surface area contributed by atoms with Crippen LogP contribution < -0.4 is 10.6 Å². The van der Waals surface area contributed by atoms with Crippen LogP contribution in [0.1, 0.15) is 129 Å². The summed E-state index contributed by atoms with van der Waals surface area (Å²) in [4.78, 5) is 52.1. The minimum absolute atomic E-state index is 0.0284. The molecule has 2 saturated carbocycles. The van der Waals surface area contributed by atoms with E-state index in [1.807, 2.05) is 36.5 Å². The topological polar surface area (TPSA) is 343 Å². The molecule has 0 spiro atoms. The number of rotatable bonds is 38. The highest BCUT2D eigenvalue weighted by Crippen LogP contribution is 2.37. The SMILES string of the molecule is CCCCC[C@H](O)/C=C/[C@@H]1[C@@H](C/C=C\CCCC(=O)NCCO)[C@@H](O)C[C@H]1O.CCCCC[C@H](O)/C=C/[C@@H]1[C@@H](C/C=C\CCCC(=O)NCCOC(O)OC(CO[N+](=O)[O-])CO[N+](=O)[O-])[C@@H](O)C[C@H]1O. The molecule has 10 N–H and O–H groups in total. The Morgan fingerprint density at radius 1 is 0.657 bits per heavy atom. The number of hydrogen-bond acceptors (Lipinski definition) is 18. The number of aliphatic hydroxyl groups excluding tert-OH is 8. The number of ether oxygens (including phenoxy) is 2. The summed E-state index contributed by atoms with van der Waals surface area (Å²) >= 11 is 0. The van der Waals surface area contributed by atoms with Crippen LogP contribution in [-0.2, 0) is 28.7 Å². The molecule has 2 amide bonds. The maximum atomic E-state index is 12.0. The van der Waals surface area contributed by atoms with Gasteiger partial charge in [0.25, 0.3) is 16.6 Å². The number of carbonyl (C=O) groups excluding carboxylic acids is 2. The number of nitrogens with zero attached hydrogens (tertiary/aromatic N) is 2. The van der Waals surface area contributed by atoms with Gasteiger partial charge >= 0.3 is 0 Å². The molecule has 22 heteroatoms. The zero-order chi connectivity index (χ0) is 52.1. The molecule has 0 radical (unpaired) electrons. The smallest absolute Gasteiger partial charge is 0.294 e. The van der Waals surface area contributed by atoms with Crippen molar-refractivity contribution in [3.63, 3.8) is 0 Å². The molecule has 2 aliphatic carbocycles. The van der Waals surface area contributed by atoms with Crippen molar-refractivity contribution in [2.45, 2.75) is 179 Å². The summed E-state index contributed by atoms with van der Waals surface area (Å²) in [5.41, 5.74) is 0. The lowest BCUT2D eigenvalue weighted by Crippen LogP contribution is -2.35. The lowest BCUT2D eigenvalue weighted by atomic mass is 9.89. The number of amides is 2. The Kier molecular flexibility index (Phi) is 36.1. The Morgan fingerprint density at radius 2 is 1.10 bits per heavy atom. The Balaban J connectivity index is 0.000000758. The third-order valence-electron chi connectivity index (χ3n) is 12.0. The molecule has 2 aliphatic rings. The fourth-order valence-electron chi connectivity index (χ4n) is 8.17. The zero-order valence-electron chi connectivity index (χ0n) is 41.1. The van der Waals surface area contributed by atoms with Gasteiger partial charge in [-0.2, -0.15) is 0 Å². The summed E-state index contributed by atoms with van der Waals surface area (Å²) in [5.74, 6) is -0.912. The van der Waals surface area contributed by atoms with Gasteiger partial charge in [-0.25, -0.2) is 0 Å². The van der Waals surface area contributed by atoms with Gasteiger partial charge in [0.1, 0.15) is 19.3 Å². The summed E-state index contributed by atoms with van der Waals surface area (Å²) in [6, 6.07) is 0. The molecule has 0 aliphatic heterocycles. The van der Waals surface area contributed by atoms with Crippen LogP contribution in [0.15, 0.2) is 48.6 Å². The van der Waals surface area contributed by atoms with Crippen molar-refractivity contribution in [3.8, 4) is 0 Å². The Labute approximate surface area is 412 Å². The number of unbranched alkanes of at least 4 members (excludes halogenated alkanes) is 6. The maximum Gasteiger partial charge on any atom is 0.294 e. The Hall–Kier alpha value is -4.10. The Bertz CT molecular complexity index is 1520. The molecule has 1 unspecified atom stereocenters. The monoisotopic (exact) mass is 1000 g/mol. The predicted molar refractivity (Wildman–Crippen MR) is 257 cm³/mol. The fourth-order valence-corrected chi connectivity index (χ4v) is 8.17. The minimum atomic E-state index is -1.90. The van der Waals surface area contributed by atoms with E-state index >= 15 is 0 Å². The van der Waals surface area contributed by atoms with E-state index < -0.39 is 72.6 Å². The summed E-state index contributed by atoms with van der Waals surface area (Å²) in [7, 11) is 0. The van der Waals surface area contributed by atoms with Gasteiger partial charge in [0.05, 0.1) is 49.8 Å². The van der Waals surface area contributed by atoms with Gasteiger partial charge in [0.2, 0.25) is 11.8 Å². The Morgan fingerprint density at radius 3 is 1.51 bits per heavy atom. The van der Waals surface area contributed by atoms with E-state index in [0.717, 1.165) is 57.8 Å². The first kappa shape index (κ1) is 63.9. The summed E-state index contributed by atoms with van der Waals surface area (Å²) in [5, 5.41) is 103. The third kappa shape index (κ3) is 30.6. The molecule has 70 heavy (non-hydrogen) atoms. The molecule has 22 nitrogen and oxygen atoms in total. The minimum Gasteiger partial charge on any atom is -0.395 e. The molecule has 404 valence electrons. The fraction of sp³-hybridized carbons (Fsp3) is 0.792. The number of allylic oxidation sites excluding steroid dienone is 4. The van der Waals surface area contributed by atoms with E-state index in [0.29, 0.717) is 57.9 Å². The molecule has 2 fully saturated rings. The van der Waals surface area contributed by atoms with E-state index in [2.05, 4.69) is 34.2 Å². The van der Waals surface area contributed by atoms with E-state index in [-0.39, 0.29) is 61.7 Å². The molecular formula is C48H84N4O18. The first-order valence-corrected chi connectivity index (χ1v) is 24.9. The number of aliphatic hydroxyl groups is 8. The first-order chi connectivity index (χ1) is 33.5. The zero-order valence-corrected chi connectivity index (χ0v) is 41.1. The molecular weight excluding hydrogens is 921 g/mol. The number of hydrogen-bond donors (Lipinski definition) is 10.